The van der Waals surface area contributed by atoms with Gasteiger partial charge in [0.1, 0.15) is 0 Å². The number of rotatable bonds is 4. The van der Waals surface area contributed by atoms with Crippen LogP contribution in [0, 0.1) is 0 Å². The maximum Gasteiger partial charge on any atom is 1.00 e. The van der Waals surface area contributed by atoms with Crippen LogP contribution in [0.1, 0.15) is 12.6 Å². The second-order valence-electron chi connectivity index (χ2n) is 4.46. The fourth-order valence-corrected chi connectivity index (χ4v) is 2.12. The van der Waals surface area contributed by atoms with Crippen LogP contribution in [0.25, 0.3) is 12.2 Å². The molecule has 0 heterocycles. The molecule has 0 spiro atoms. The Kier molecular flexibility index (Phi) is 10.3. The molecular weight excluding hydrogens is 359 g/mol. The van der Waals surface area contributed by atoms with E-state index >= 15 is 0 Å². The minimum absolute atomic E-state index is 0. The molecule has 0 aliphatic heterocycles. The average molecular weight is 376 g/mol. The molecule has 0 bridgehead atoms. The molecule has 0 aliphatic carbocycles. The van der Waals surface area contributed by atoms with Crippen molar-refractivity contribution in [1.82, 2.24) is 0 Å². The maximum atomic E-state index is 10.3. The largest absolute Gasteiger partial charge is 1.00 e. The topological polar surface area (TPSA) is 109 Å². The van der Waals surface area contributed by atoms with Gasteiger partial charge in [-0.25, -0.2) is 0 Å². The van der Waals surface area contributed by atoms with E-state index in [4.69, 9.17) is 9.11 Å². The molecule has 2 rings (SSSR count). The molecule has 0 saturated carbocycles. The van der Waals surface area contributed by atoms with Gasteiger partial charge in [0, 0.05) is 0 Å². The fourth-order valence-electron chi connectivity index (χ4n) is 1.46. The minimum Gasteiger partial charge on any atom is -1.00 e. The summed E-state index contributed by atoms with van der Waals surface area (Å²) in [6.07, 6.45) is 2.66. The fraction of sp³-hybridized carbons (Fsp3) is 0. The first-order valence-corrected chi connectivity index (χ1v) is 9.58. The van der Waals surface area contributed by atoms with Gasteiger partial charge in [-0.1, -0.05) is 60.7 Å². The van der Waals surface area contributed by atoms with Crippen LogP contribution in [0.4, 0.5) is 0 Å². The van der Waals surface area contributed by atoms with E-state index in [1.54, 1.807) is 48.5 Å². The summed E-state index contributed by atoms with van der Waals surface area (Å²) in [6, 6.07) is 17.7. The molecule has 2 N–H and O–H groups in total. The van der Waals surface area contributed by atoms with Gasteiger partial charge in [0.05, 0.1) is 10.8 Å². The summed E-state index contributed by atoms with van der Waals surface area (Å²) < 4.78 is 57.8. The summed E-state index contributed by atoms with van der Waals surface area (Å²) in [5, 5.41) is 1.50. The van der Waals surface area contributed by atoms with Crippen molar-refractivity contribution in [3.8, 4) is 0 Å². The van der Waals surface area contributed by atoms with Crippen molar-refractivity contribution in [2.45, 2.75) is 0 Å². The van der Waals surface area contributed by atoms with Crippen molar-refractivity contribution in [3.63, 3.8) is 0 Å². The summed E-state index contributed by atoms with van der Waals surface area (Å²) in [5.41, 5.74) is 1.46. The van der Waals surface area contributed by atoms with E-state index in [2.05, 4.69) is 0 Å². The Morgan fingerprint density at radius 1 is 0.640 bits per heavy atom. The van der Waals surface area contributed by atoms with Gasteiger partial charge in [-0.15, -0.1) is 0 Å². The zero-order chi connectivity index (χ0) is 18.1. The average Bonchev–Trinajstić information content (AvgIpc) is 2.52. The van der Waals surface area contributed by atoms with Crippen molar-refractivity contribution in [2.75, 3.05) is 0 Å². The molecular formula is C16H17LiO6S2. The van der Waals surface area contributed by atoms with Gasteiger partial charge < -0.3 is 1.43 Å². The number of hydrogen-bond acceptors (Lipinski definition) is 4. The molecule has 2 aromatic carbocycles. The Bertz CT molecular complexity index is 819. The minimum atomic E-state index is -4.00. The van der Waals surface area contributed by atoms with Gasteiger partial charge in [-0.3, -0.25) is 9.11 Å². The van der Waals surface area contributed by atoms with Crippen molar-refractivity contribution < 1.29 is 46.2 Å². The smallest absolute Gasteiger partial charge is 1.00 e. The maximum absolute atomic E-state index is 10.3. The third kappa shape index (κ3) is 13.3. The van der Waals surface area contributed by atoms with Crippen molar-refractivity contribution >= 4 is 32.4 Å². The first kappa shape index (κ1) is 23.3. The van der Waals surface area contributed by atoms with Gasteiger partial charge >= 0.3 is 18.9 Å². The van der Waals surface area contributed by atoms with Crippen LogP contribution in [-0.2, 0) is 20.2 Å². The van der Waals surface area contributed by atoms with Gasteiger partial charge in [0.15, 0.2) is 0 Å². The predicted octanol–water partition coefficient (Wildman–Crippen LogP) is 0.207. The zero-order valence-corrected chi connectivity index (χ0v) is 15.1. The normalized spacial score (nSPS) is 11.6. The van der Waals surface area contributed by atoms with Gasteiger partial charge in [0.25, 0.3) is 20.2 Å². The molecule has 0 saturated heterocycles. The second kappa shape index (κ2) is 11.0. The van der Waals surface area contributed by atoms with Gasteiger partial charge in [-0.2, -0.15) is 16.8 Å². The molecule has 0 atom stereocenters. The molecule has 0 unspecified atom stereocenters. The van der Waals surface area contributed by atoms with Crippen LogP contribution < -0.4 is 18.9 Å². The first-order valence-electron chi connectivity index (χ1n) is 6.57. The van der Waals surface area contributed by atoms with Crippen molar-refractivity contribution in [3.05, 3.63) is 82.6 Å². The van der Waals surface area contributed by atoms with Crippen LogP contribution in [-0.4, -0.2) is 25.9 Å². The van der Waals surface area contributed by atoms with E-state index in [1.807, 2.05) is 12.1 Å². The van der Waals surface area contributed by atoms with E-state index in [-0.39, 0.29) is 20.3 Å². The molecule has 130 valence electrons. The molecule has 0 fully saturated rings. The summed E-state index contributed by atoms with van der Waals surface area (Å²) in [4.78, 5) is 0. The Morgan fingerprint density at radius 3 is 1.16 bits per heavy atom. The summed E-state index contributed by atoms with van der Waals surface area (Å²) in [5.74, 6) is 0. The van der Waals surface area contributed by atoms with Crippen LogP contribution in [0.2, 0.25) is 0 Å². The SMILES string of the molecule is O=S(=O)(O)C=Cc1ccccc1.O=S(=O)(O)C=Cc1ccccc1.[H-].[Li+]. The number of hydrogen-bond donors (Lipinski definition) is 2. The Morgan fingerprint density at radius 2 is 0.920 bits per heavy atom. The quantitative estimate of drug-likeness (QED) is 0.583. The van der Waals surface area contributed by atoms with Gasteiger partial charge in [0.2, 0.25) is 0 Å². The van der Waals surface area contributed by atoms with Crippen LogP contribution >= 0.6 is 0 Å². The van der Waals surface area contributed by atoms with Crippen LogP contribution in [0.15, 0.2) is 71.5 Å². The third-order valence-corrected chi connectivity index (χ3v) is 3.42. The molecule has 2 aromatic rings. The number of benzene rings is 2. The summed E-state index contributed by atoms with van der Waals surface area (Å²) in [7, 11) is -8.01. The molecule has 0 aliphatic rings. The van der Waals surface area contributed by atoms with Crippen LogP contribution in [0.3, 0.4) is 0 Å². The van der Waals surface area contributed by atoms with Crippen molar-refractivity contribution in [1.29, 1.82) is 0 Å². The molecule has 25 heavy (non-hydrogen) atoms. The Hall–Kier alpha value is -1.66. The standard InChI is InChI=1S/2C8H8O3S.Li.H/c2*9-12(10,11)7-6-8-4-2-1-3-5-8;;/h2*1-7H,(H,9,10,11);;/q;;+1;-1. The van der Waals surface area contributed by atoms with E-state index in [0.717, 1.165) is 21.9 Å². The Balaban J connectivity index is 0. The molecule has 0 aromatic heterocycles. The molecule has 9 heteroatoms. The van der Waals surface area contributed by atoms with E-state index in [9.17, 15) is 16.8 Å². The molecule has 6 nitrogen and oxygen atoms in total. The first-order chi connectivity index (χ1) is 11.2. The van der Waals surface area contributed by atoms with E-state index in [1.165, 1.54) is 12.2 Å². The second-order valence-corrected chi connectivity index (χ2v) is 7.06. The van der Waals surface area contributed by atoms with E-state index < -0.39 is 20.2 Å². The summed E-state index contributed by atoms with van der Waals surface area (Å²) >= 11 is 0. The van der Waals surface area contributed by atoms with Crippen LogP contribution in [0.5, 0.6) is 0 Å². The van der Waals surface area contributed by atoms with Crippen molar-refractivity contribution in [2.24, 2.45) is 0 Å². The summed E-state index contributed by atoms with van der Waals surface area (Å²) in [6.45, 7) is 0. The molecule has 0 radical (unpaired) electrons. The van der Waals surface area contributed by atoms with Gasteiger partial charge in [-0.05, 0) is 23.3 Å². The third-order valence-electron chi connectivity index (χ3n) is 2.46. The molecule has 0 amide bonds. The zero-order valence-electron chi connectivity index (χ0n) is 14.4. The monoisotopic (exact) mass is 376 g/mol. The van der Waals surface area contributed by atoms with E-state index in [0.29, 0.717) is 0 Å². The Labute approximate surface area is 161 Å². The predicted molar refractivity (Wildman–Crippen MR) is 95.2 cm³/mol.